The van der Waals surface area contributed by atoms with Crippen molar-refractivity contribution in [3.05, 3.63) is 42.4 Å². The molecule has 0 spiro atoms. The van der Waals surface area contributed by atoms with Gasteiger partial charge in [-0.1, -0.05) is 0 Å². The number of H-pyrrole nitrogens is 1. The number of aromatic amines is 1. The highest BCUT2D eigenvalue weighted by Crippen LogP contribution is 2.33. The third kappa shape index (κ3) is 5.63. The summed E-state index contributed by atoms with van der Waals surface area (Å²) in [5, 5.41) is 22.7. The molecule has 10 heteroatoms. The van der Waals surface area contributed by atoms with Crippen molar-refractivity contribution < 1.29 is 9.47 Å². The minimum absolute atomic E-state index is 0. The Labute approximate surface area is 186 Å². The number of halogens is 1. The topological polar surface area (TPSA) is 121 Å². The van der Waals surface area contributed by atoms with E-state index in [1.54, 1.807) is 7.11 Å². The first-order valence-electron chi connectivity index (χ1n) is 9.80. The molecule has 31 heavy (non-hydrogen) atoms. The number of aromatic nitrogens is 4. The second kappa shape index (κ2) is 10.6. The number of rotatable bonds is 7. The van der Waals surface area contributed by atoms with Gasteiger partial charge in [0.25, 0.3) is 0 Å². The average Bonchev–Trinajstić information content (AvgIpc) is 3.27. The number of nitrogens with one attached hydrogen (secondary N) is 3. The lowest BCUT2D eigenvalue weighted by Gasteiger charge is -2.23. The summed E-state index contributed by atoms with van der Waals surface area (Å²) in [4.78, 5) is 8.13. The fourth-order valence-electron chi connectivity index (χ4n) is 3.34. The molecule has 162 valence electrons. The van der Waals surface area contributed by atoms with Crippen molar-refractivity contribution in [1.82, 2.24) is 20.2 Å². The van der Waals surface area contributed by atoms with Crippen LogP contribution >= 0.6 is 12.4 Å². The van der Waals surface area contributed by atoms with E-state index in [-0.39, 0.29) is 18.1 Å². The quantitative estimate of drug-likeness (QED) is 0.506. The molecule has 0 aliphatic carbocycles. The molecular formula is C21H24ClN7O2. The molecule has 4 rings (SSSR count). The average molecular weight is 442 g/mol. The number of anilines is 3. The number of nitriles is 1. The molecule has 1 saturated heterocycles. The smallest absolute Gasteiger partial charge is 0.158 e. The molecule has 0 unspecified atom stereocenters. The van der Waals surface area contributed by atoms with E-state index >= 15 is 0 Å². The fraction of sp³-hybridized carbons (Fsp3) is 0.333. The van der Waals surface area contributed by atoms with Gasteiger partial charge in [0.05, 0.1) is 25.2 Å². The number of hydrogen-bond acceptors (Lipinski definition) is 8. The van der Waals surface area contributed by atoms with Gasteiger partial charge in [-0.05, 0) is 30.9 Å². The third-order valence-electron chi connectivity index (χ3n) is 5.03. The highest BCUT2D eigenvalue weighted by molar-refractivity contribution is 5.85. The molecule has 0 bridgehead atoms. The summed E-state index contributed by atoms with van der Waals surface area (Å²) in [6.45, 7) is 2.62. The maximum absolute atomic E-state index is 8.80. The Morgan fingerprint density at radius 3 is 2.74 bits per heavy atom. The van der Waals surface area contributed by atoms with Crippen LogP contribution in [0.25, 0.3) is 11.3 Å². The lowest BCUT2D eigenvalue weighted by Crippen LogP contribution is -2.22. The minimum Gasteiger partial charge on any atom is -0.496 e. The Balaban J connectivity index is 0.00000272. The van der Waals surface area contributed by atoms with Crippen molar-refractivity contribution >= 4 is 29.7 Å². The molecule has 1 aromatic carbocycles. The van der Waals surface area contributed by atoms with Crippen molar-refractivity contribution in [2.24, 2.45) is 5.92 Å². The molecule has 1 aliphatic rings. The van der Waals surface area contributed by atoms with E-state index in [1.807, 2.05) is 30.3 Å². The molecular weight excluding hydrogens is 418 g/mol. The largest absolute Gasteiger partial charge is 0.496 e. The van der Waals surface area contributed by atoms with Gasteiger partial charge in [-0.25, -0.2) is 9.97 Å². The molecule has 9 nitrogen and oxygen atoms in total. The number of methoxy groups -OCH3 is 1. The lowest BCUT2D eigenvalue weighted by atomic mass is 10.0. The molecule has 0 saturated carbocycles. The van der Waals surface area contributed by atoms with Gasteiger partial charge in [-0.15, -0.1) is 12.4 Å². The predicted molar refractivity (Wildman–Crippen MR) is 120 cm³/mol. The molecule has 1 fully saturated rings. The number of benzene rings is 1. The van der Waals surface area contributed by atoms with Gasteiger partial charge in [0.15, 0.2) is 11.5 Å². The van der Waals surface area contributed by atoms with E-state index in [9.17, 15) is 0 Å². The van der Waals surface area contributed by atoms with Crippen molar-refractivity contribution in [2.45, 2.75) is 12.8 Å². The molecule has 2 aromatic heterocycles. The van der Waals surface area contributed by atoms with Crippen molar-refractivity contribution in [1.29, 1.82) is 5.26 Å². The van der Waals surface area contributed by atoms with Gasteiger partial charge in [-0.3, -0.25) is 5.10 Å². The van der Waals surface area contributed by atoms with E-state index in [0.29, 0.717) is 17.6 Å². The van der Waals surface area contributed by atoms with Crippen LogP contribution < -0.4 is 15.4 Å². The molecule has 1 aliphatic heterocycles. The summed E-state index contributed by atoms with van der Waals surface area (Å²) in [6.07, 6.45) is 5.09. The molecule has 0 atom stereocenters. The summed E-state index contributed by atoms with van der Waals surface area (Å²) in [5.74, 6) is 2.48. The number of ether oxygens (including phenoxy) is 2. The molecule has 3 heterocycles. The first-order valence-corrected chi connectivity index (χ1v) is 9.80. The summed E-state index contributed by atoms with van der Waals surface area (Å²) in [6, 6.07) is 9.85. The van der Waals surface area contributed by atoms with Crippen LogP contribution in [0.2, 0.25) is 0 Å². The highest BCUT2D eigenvalue weighted by atomic mass is 35.5. The van der Waals surface area contributed by atoms with Gasteiger partial charge in [0.2, 0.25) is 0 Å². The van der Waals surface area contributed by atoms with Crippen LogP contribution in [0.5, 0.6) is 5.75 Å². The maximum Gasteiger partial charge on any atom is 0.158 e. The molecule has 3 N–H and O–H groups in total. The second-order valence-electron chi connectivity index (χ2n) is 7.04. The first kappa shape index (κ1) is 22.3. The number of nitrogens with zero attached hydrogens (tertiary/aromatic N) is 4. The Kier molecular flexibility index (Phi) is 7.65. The SMILES string of the molecule is COc1cc(NCC2CCOCC2)ccc1-c1cc(Nc2cnc(C#N)cn2)n[nH]1.Cl. The second-order valence-corrected chi connectivity index (χ2v) is 7.04. The van der Waals surface area contributed by atoms with Crippen LogP contribution in [0.3, 0.4) is 0 Å². The van der Waals surface area contributed by atoms with Crippen molar-refractivity contribution in [2.75, 3.05) is 37.5 Å². The summed E-state index contributed by atoms with van der Waals surface area (Å²) < 4.78 is 11.0. The van der Waals surface area contributed by atoms with Crippen LogP contribution in [0, 0.1) is 17.2 Å². The van der Waals surface area contributed by atoms with E-state index in [2.05, 4.69) is 30.8 Å². The van der Waals surface area contributed by atoms with E-state index in [0.717, 1.165) is 55.3 Å². The van der Waals surface area contributed by atoms with Crippen LogP contribution in [0.15, 0.2) is 36.7 Å². The summed E-state index contributed by atoms with van der Waals surface area (Å²) >= 11 is 0. The van der Waals surface area contributed by atoms with E-state index in [1.165, 1.54) is 12.4 Å². The zero-order valence-corrected chi connectivity index (χ0v) is 17.9. The molecule has 3 aromatic rings. The van der Waals surface area contributed by atoms with E-state index in [4.69, 9.17) is 14.7 Å². The zero-order valence-electron chi connectivity index (χ0n) is 17.1. The van der Waals surface area contributed by atoms with Gasteiger partial charge >= 0.3 is 0 Å². The zero-order chi connectivity index (χ0) is 20.8. The maximum atomic E-state index is 8.80. The van der Waals surface area contributed by atoms with Gasteiger partial charge in [0, 0.05) is 43.1 Å². The van der Waals surface area contributed by atoms with Crippen molar-refractivity contribution in [3.63, 3.8) is 0 Å². The lowest BCUT2D eigenvalue weighted by molar-refractivity contribution is 0.0699. The van der Waals surface area contributed by atoms with Crippen LogP contribution in [-0.2, 0) is 4.74 Å². The van der Waals surface area contributed by atoms with Gasteiger partial charge < -0.3 is 20.1 Å². The summed E-state index contributed by atoms with van der Waals surface area (Å²) in [5.41, 5.74) is 3.00. The molecule has 0 radical (unpaired) electrons. The Hall–Kier alpha value is -3.35. The fourth-order valence-corrected chi connectivity index (χ4v) is 3.34. The Bertz CT molecular complexity index is 1030. The molecule has 0 amide bonds. The third-order valence-corrected chi connectivity index (χ3v) is 5.03. The summed E-state index contributed by atoms with van der Waals surface area (Å²) in [7, 11) is 1.66. The van der Waals surface area contributed by atoms with Gasteiger partial charge in [-0.2, -0.15) is 10.4 Å². The highest BCUT2D eigenvalue weighted by Gasteiger charge is 2.15. The van der Waals surface area contributed by atoms with Crippen molar-refractivity contribution in [3.8, 4) is 23.1 Å². The van der Waals surface area contributed by atoms with Crippen LogP contribution in [0.4, 0.5) is 17.3 Å². The first-order chi connectivity index (χ1) is 14.7. The Morgan fingerprint density at radius 2 is 2.03 bits per heavy atom. The monoisotopic (exact) mass is 441 g/mol. The van der Waals surface area contributed by atoms with E-state index < -0.39 is 0 Å². The number of hydrogen-bond donors (Lipinski definition) is 3. The van der Waals surface area contributed by atoms with Crippen LogP contribution in [0.1, 0.15) is 18.5 Å². The Morgan fingerprint density at radius 1 is 1.19 bits per heavy atom. The standard InChI is InChI=1S/C21H23N7O2.ClH/c1-29-19-8-15(23-11-14-4-6-30-7-5-14)2-3-17(19)18-9-20(28-27-18)26-21-13-24-16(10-22)12-25-21;/h2-3,8-9,12-14,23H,4-7,11H2,1H3,(H2,25,26,27,28);1H. The van der Waals surface area contributed by atoms with Crippen LogP contribution in [-0.4, -0.2) is 47.0 Å². The normalized spacial score (nSPS) is 13.7. The minimum atomic E-state index is 0. The predicted octanol–water partition coefficient (Wildman–Crippen LogP) is 3.75. The van der Waals surface area contributed by atoms with Gasteiger partial charge in [0.1, 0.15) is 17.6 Å².